The number of carbonyl (C=O) groups excluding carboxylic acids is 1. The van der Waals surface area contributed by atoms with Gasteiger partial charge in [-0.1, -0.05) is 23.4 Å². The van der Waals surface area contributed by atoms with E-state index in [-0.39, 0.29) is 18.2 Å². The second-order valence-electron chi connectivity index (χ2n) is 8.45. The van der Waals surface area contributed by atoms with Crippen molar-refractivity contribution in [1.82, 2.24) is 14.4 Å². The van der Waals surface area contributed by atoms with Gasteiger partial charge in [0, 0.05) is 31.6 Å². The van der Waals surface area contributed by atoms with Gasteiger partial charge in [0.25, 0.3) is 0 Å². The van der Waals surface area contributed by atoms with Gasteiger partial charge in [0.2, 0.25) is 5.88 Å². The number of hydrogen-bond acceptors (Lipinski definition) is 8. The van der Waals surface area contributed by atoms with Gasteiger partial charge in [-0.3, -0.25) is 14.3 Å². The number of hydrogen-bond donors (Lipinski definition) is 1. The van der Waals surface area contributed by atoms with Crippen molar-refractivity contribution in [2.75, 3.05) is 46.9 Å². The van der Waals surface area contributed by atoms with Crippen molar-refractivity contribution in [3.8, 4) is 11.6 Å². The first-order valence-corrected chi connectivity index (χ1v) is 11.4. The number of para-hydroxylation sites is 1. The molecule has 1 aliphatic heterocycles. The van der Waals surface area contributed by atoms with Gasteiger partial charge in [-0.25, -0.2) is 0 Å². The van der Waals surface area contributed by atoms with Crippen molar-refractivity contribution in [2.45, 2.75) is 13.6 Å². The highest BCUT2D eigenvalue weighted by molar-refractivity contribution is 5.98. The van der Waals surface area contributed by atoms with E-state index in [4.69, 9.17) is 9.57 Å². The highest BCUT2D eigenvalue weighted by Gasteiger charge is 2.20. The Hall–Kier alpha value is -3.76. The van der Waals surface area contributed by atoms with E-state index < -0.39 is 5.91 Å². The highest BCUT2D eigenvalue weighted by Crippen LogP contribution is 2.39. The Kier molecular flexibility index (Phi) is 7.74. The van der Waals surface area contributed by atoms with E-state index in [9.17, 15) is 9.90 Å². The van der Waals surface area contributed by atoms with Crippen molar-refractivity contribution in [3.63, 3.8) is 0 Å². The molecule has 0 aliphatic carbocycles. The van der Waals surface area contributed by atoms with Crippen LogP contribution in [0, 0.1) is 0 Å². The Balaban J connectivity index is 1.42. The molecule has 2 aromatic carbocycles. The topological polar surface area (TPSA) is 104 Å². The standard InChI is InChI=1S/C25H30N6O4/c1-18(19-8-10-20(34-3)11-9-19)28-35-16-23(32)26-27-24-21-6-4-5-7-22(21)31(25(24)33)17-30-14-12-29(2)13-15-30/h4-11,33H,12-17H2,1-3H3/b27-26?,28-18+. The monoisotopic (exact) mass is 478 g/mol. The maximum Gasteiger partial charge on any atom is 0.304 e. The number of piperazine rings is 1. The lowest BCUT2D eigenvalue weighted by molar-refractivity contribution is -0.122. The Morgan fingerprint density at radius 3 is 2.49 bits per heavy atom. The molecule has 10 heteroatoms. The first kappa shape index (κ1) is 24.4. The van der Waals surface area contributed by atoms with Crippen LogP contribution < -0.4 is 4.74 Å². The molecule has 1 aliphatic rings. The van der Waals surface area contributed by atoms with Gasteiger partial charge >= 0.3 is 5.91 Å². The van der Waals surface area contributed by atoms with Crippen LogP contribution >= 0.6 is 0 Å². The number of carbonyl (C=O) groups is 1. The number of fused-ring (bicyclic) bond motifs is 1. The minimum Gasteiger partial charge on any atom is -0.497 e. The smallest absolute Gasteiger partial charge is 0.304 e. The summed E-state index contributed by atoms with van der Waals surface area (Å²) >= 11 is 0. The van der Waals surface area contributed by atoms with Gasteiger partial charge in [-0.05, 0) is 49.9 Å². The number of methoxy groups -OCH3 is 1. The number of likely N-dealkylation sites (N-methyl/N-ethyl adjacent to an activating group) is 1. The molecule has 4 rings (SSSR count). The molecule has 0 spiro atoms. The average Bonchev–Trinajstić information content (AvgIpc) is 3.14. The maximum atomic E-state index is 12.2. The fourth-order valence-corrected chi connectivity index (χ4v) is 3.91. The average molecular weight is 479 g/mol. The number of benzene rings is 2. The van der Waals surface area contributed by atoms with Crippen molar-refractivity contribution in [3.05, 3.63) is 54.1 Å². The van der Waals surface area contributed by atoms with Crippen LogP contribution in [0.3, 0.4) is 0 Å². The number of aromatic nitrogens is 1. The molecule has 1 amide bonds. The number of rotatable bonds is 8. The molecule has 0 unspecified atom stereocenters. The molecule has 1 saturated heterocycles. The summed E-state index contributed by atoms with van der Waals surface area (Å²) in [5.74, 6) is 0.119. The lowest BCUT2D eigenvalue weighted by Gasteiger charge is -2.32. The molecule has 0 saturated carbocycles. The van der Waals surface area contributed by atoms with E-state index in [0.29, 0.717) is 12.4 Å². The van der Waals surface area contributed by atoms with E-state index in [0.717, 1.165) is 48.4 Å². The molecule has 0 atom stereocenters. The molecule has 1 N–H and O–H groups in total. The van der Waals surface area contributed by atoms with Crippen molar-refractivity contribution in [2.24, 2.45) is 15.4 Å². The van der Waals surface area contributed by atoms with E-state index in [1.54, 1.807) is 18.6 Å². The Labute approximate surface area is 204 Å². The Morgan fingerprint density at radius 2 is 1.77 bits per heavy atom. The Morgan fingerprint density at radius 1 is 1.06 bits per heavy atom. The van der Waals surface area contributed by atoms with E-state index in [2.05, 4.69) is 32.2 Å². The molecular formula is C25H30N6O4. The molecule has 3 aromatic rings. The van der Waals surface area contributed by atoms with Gasteiger partial charge in [-0.2, -0.15) is 0 Å². The predicted molar refractivity (Wildman–Crippen MR) is 133 cm³/mol. The molecule has 35 heavy (non-hydrogen) atoms. The summed E-state index contributed by atoms with van der Waals surface area (Å²) in [7, 11) is 3.70. The number of oxime groups is 1. The second kappa shape index (κ2) is 11.1. The van der Waals surface area contributed by atoms with Crippen molar-refractivity contribution >= 4 is 28.2 Å². The van der Waals surface area contributed by atoms with Gasteiger partial charge in [0.15, 0.2) is 12.3 Å². The van der Waals surface area contributed by atoms with Crippen molar-refractivity contribution < 1.29 is 19.5 Å². The van der Waals surface area contributed by atoms with Crippen LogP contribution in [0.1, 0.15) is 12.5 Å². The number of aromatic hydroxyl groups is 1. The normalized spacial score (nSPS) is 15.7. The summed E-state index contributed by atoms with van der Waals surface area (Å²) in [6.45, 7) is 5.71. The lowest BCUT2D eigenvalue weighted by Crippen LogP contribution is -2.44. The molecule has 1 aromatic heterocycles. The third-order valence-corrected chi connectivity index (χ3v) is 6.01. The van der Waals surface area contributed by atoms with Crippen molar-refractivity contribution in [1.29, 1.82) is 0 Å². The molecule has 1 fully saturated rings. The zero-order valence-electron chi connectivity index (χ0n) is 20.2. The first-order valence-electron chi connectivity index (χ1n) is 11.4. The summed E-state index contributed by atoms with van der Waals surface area (Å²) in [6.07, 6.45) is 0. The summed E-state index contributed by atoms with van der Waals surface area (Å²) < 4.78 is 6.95. The fourth-order valence-electron chi connectivity index (χ4n) is 3.91. The Bertz CT molecular complexity index is 1230. The van der Waals surface area contributed by atoms with Gasteiger partial charge in [0.1, 0.15) is 5.75 Å². The number of ether oxygens (including phenoxy) is 1. The summed E-state index contributed by atoms with van der Waals surface area (Å²) in [5.41, 5.74) is 2.56. The van der Waals surface area contributed by atoms with Gasteiger partial charge in [-0.15, -0.1) is 10.2 Å². The number of azo groups is 1. The molecule has 184 valence electrons. The van der Waals surface area contributed by atoms with Gasteiger partial charge in [0.05, 0.1) is 25.0 Å². The lowest BCUT2D eigenvalue weighted by atomic mass is 10.1. The maximum absolute atomic E-state index is 12.2. The zero-order chi connectivity index (χ0) is 24.8. The minimum atomic E-state index is -0.605. The third kappa shape index (κ3) is 5.84. The summed E-state index contributed by atoms with van der Waals surface area (Å²) in [6, 6.07) is 14.9. The highest BCUT2D eigenvalue weighted by atomic mass is 16.6. The van der Waals surface area contributed by atoms with Gasteiger partial charge < -0.3 is 19.6 Å². The largest absolute Gasteiger partial charge is 0.497 e. The fraction of sp³-hybridized carbons (Fsp3) is 0.360. The molecule has 10 nitrogen and oxygen atoms in total. The van der Waals surface area contributed by atoms with Crippen LogP contribution in [0.15, 0.2) is 63.9 Å². The van der Waals surface area contributed by atoms with Crippen LogP contribution in [-0.2, 0) is 16.3 Å². The minimum absolute atomic E-state index is 0.0176. The van der Waals surface area contributed by atoms with Crippen LogP contribution in [0.5, 0.6) is 11.6 Å². The summed E-state index contributed by atoms with van der Waals surface area (Å²) in [4.78, 5) is 22.0. The van der Waals surface area contributed by atoms with E-state index in [1.165, 1.54) is 0 Å². The van der Waals surface area contributed by atoms with Crippen LogP contribution in [0.2, 0.25) is 0 Å². The second-order valence-corrected chi connectivity index (χ2v) is 8.45. The number of nitrogens with zero attached hydrogens (tertiary/aromatic N) is 6. The predicted octanol–water partition coefficient (Wildman–Crippen LogP) is 3.61. The molecule has 2 heterocycles. The quantitative estimate of drug-likeness (QED) is 0.301. The van der Waals surface area contributed by atoms with E-state index >= 15 is 0 Å². The van der Waals surface area contributed by atoms with Crippen LogP contribution in [0.25, 0.3) is 10.9 Å². The molecule has 0 radical (unpaired) electrons. The zero-order valence-corrected chi connectivity index (χ0v) is 20.2. The number of amides is 1. The SMILES string of the molecule is COc1ccc(/C(C)=N/OCC(=O)N=Nc2c(O)n(CN3CCN(C)CC3)c3ccccc23)cc1. The van der Waals surface area contributed by atoms with Crippen LogP contribution in [0.4, 0.5) is 5.69 Å². The van der Waals surface area contributed by atoms with E-state index in [1.807, 2.05) is 48.5 Å². The first-order chi connectivity index (χ1) is 17.0. The molecular weight excluding hydrogens is 448 g/mol. The third-order valence-electron chi connectivity index (χ3n) is 6.01. The molecule has 0 bridgehead atoms. The van der Waals surface area contributed by atoms with Crippen LogP contribution in [-0.4, -0.2) is 78.0 Å². The summed E-state index contributed by atoms with van der Waals surface area (Å²) in [5, 5.41) is 23.4.